The number of nitrogens with one attached hydrogen (secondary N) is 2. The molecule has 0 bridgehead atoms. The van der Waals surface area contributed by atoms with Gasteiger partial charge in [-0.15, -0.1) is 11.3 Å². The Hall–Kier alpha value is -2.43. The van der Waals surface area contributed by atoms with Crippen LogP contribution in [-0.4, -0.2) is 36.7 Å². The minimum atomic E-state index is -4.55. The molecule has 0 aliphatic carbocycles. The zero-order valence-electron chi connectivity index (χ0n) is 14.0. The predicted octanol–water partition coefficient (Wildman–Crippen LogP) is 2.57. The lowest BCUT2D eigenvalue weighted by Crippen LogP contribution is -2.38. The number of hydrogen-bond donors (Lipinski definition) is 3. The van der Waals surface area contributed by atoms with Crippen molar-refractivity contribution < 1.29 is 32.6 Å². The van der Waals surface area contributed by atoms with Gasteiger partial charge in [0.1, 0.15) is 6.10 Å². The van der Waals surface area contributed by atoms with E-state index >= 15 is 0 Å². The number of ether oxygens (including phenoxy) is 1. The molecular formula is C17H17F3N2O4S. The number of aliphatic hydroxyl groups is 1. The van der Waals surface area contributed by atoms with Crippen molar-refractivity contribution in [1.29, 1.82) is 0 Å². The molecule has 0 aliphatic rings. The molecule has 3 N–H and O–H groups in total. The topological polar surface area (TPSA) is 87.7 Å². The maximum Gasteiger partial charge on any atom is 0.416 e. The average Bonchev–Trinajstić information content (AvgIpc) is 3.15. The van der Waals surface area contributed by atoms with Crippen LogP contribution in [0.3, 0.4) is 0 Å². The minimum absolute atomic E-state index is 0.0324. The Morgan fingerprint density at radius 3 is 2.59 bits per heavy atom. The molecule has 6 nitrogen and oxygen atoms in total. The number of hydrogen-bond acceptors (Lipinski definition) is 5. The summed E-state index contributed by atoms with van der Waals surface area (Å²) in [4.78, 5) is 24.6. The van der Waals surface area contributed by atoms with Crippen LogP contribution in [0.15, 0.2) is 41.8 Å². The lowest BCUT2D eigenvalue weighted by Gasteiger charge is -2.16. The van der Waals surface area contributed by atoms with Crippen molar-refractivity contribution in [3.63, 3.8) is 0 Å². The summed E-state index contributed by atoms with van der Waals surface area (Å²) in [7, 11) is 0. The number of anilines is 1. The molecule has 1 unspecified atom stereocenters. The molecule has 0 fully saturated rings. The number of rotatable bonds is 7. The molecule has 0 saturated heterocycles. The summed E-state index contributed by atoms with van der Waals surface area (Å²) in [5, 5.41) is 15.2. The first-order chi connectivity index (χ1) is 12.8. The second-order valence-electron chi connectivity index (χ2n) is 5.34. The van der Waals surface area contributed by atoms with E-state index < -0.39 is 29.7 Å². The standard InChI is InChI=1S/C17H17F3N2O4S/c18-17(19,20)11-3-1-4-12(9-11)22-16(25)15(24)21-10-13(26-7-6-23)14-5-2-8-27-14/h1-5,8-9,13,23H,6-7,10H2,(H,21,24)(H,22,25). The summed E-state index contributed by atoms with van der Waals surface area (Å²) >= 11 is 1.38. The van der Waals surface area contributed by atoms with Gasteiger partial charge >= 0.3 is 18.0 Å². The largest absolute Gasteiger partial charge is 0.416 e. The van der Waals surface area contributed by atoms with Gasteiger partial charge in [0.05, 0.1) is 18.8 Å². The second kappa shape index (κ2) is 9.49. The summed E-state index contributed by atoms with van der Waals surface area (Å²) in [6, 6.07) is 7.55. The third-order valence-corrected chi connectivity index (χ3v) is 4.34. The van der Waals surface area contributed by atoms with Gasteiger partial charge in [0.25, 0.3) is 0 Å². The molecule has 27 heavy (non-hydrogen) atoms. The number of thiophene rings is 1. The quantitative estimate of drug-likeness (QED) is 0.622. The van der Waals surface area contributed by atoms with E-state index in [1.54, 1.807) is 12.1 Å². The van der Waals surface area contributed by atoms with Gasteiger partial charge < -0.3 is 20.5 Å². The highest BCUT2D eigenvalue weighted by Gasteiger charge is 2.30. The highest BCUT2D eigenvalue weighted by molar-refractivity contribution is 7.10. The molecule has 2 aromatic rings. The van der Waals surface area contributed by atoms with Crippen LogP contribution in [0.25, 0.3) is 0 Å². The molecule has 10 heteroatoms. The molecule has 2 rings (SSSR count). The van der Waals surface area contributed by atoms with Gasteiger partial charge in [0, 0.05) is 17.1 Å². The molecule has 0 saturated carbocycles. The van der Waals surface area contributed by atoms with Gasteiger partial charge in [-0.3, -0.25) is 9.59 Å². The minimum Gasteiger partial charge on any atom is -0.394 e. The summed E-state index contributed by atoms with van der Waals surface area (Å²) in [5.41, 5.74) is -1.08. The van der Waals surface area contributed by atoms with Gasteiger partial charge in [-0.1, -0.05) is 12.1 Å². The van der Waals surface area contributed by atoms with Crippen molar-refractivity contribution >= 4 is 28.8 Å². The molecular weight excluding hydrogens is 385 g/mol. The van der Waals surface area contributed by atoms with Crippen molar-refractivity contribution in [2.45, 2.75) is 12.3 Å². The molecule has 1 atom stereocenters. The van der Waals surface area contributed by atoms with Gasteiger partial charge in [0.15, 0.2) is 0 Å². The number of alkyl halides is 3. The number of carbonyl (C=O) groups is 2. The Labute approximate surface area is 157 Å². The predicted molar refractivity (Wildman–Crippen MR) is 93.2 cm³/mol. The zero-order chi connectivity index (χ0) is 19.9. The number of amides is 2. The fraction of sp³-hybridized carbons (Fsp3) is 0.294. The maximum atomic E-state index is 12.7. The van der Waals surface area contributed by atoms with Gasteiger partial charge in [-0.05, 0) is 29.6 Å². The van der Waals surface area contributed by atoms with Gasteiger partial charge in [-0.25, -0.2) is 0 Å². The van der Waals surface area contributed by atoms with E-state index in [2.05, 4.69) is 10.6 Å². The number of benzene rings is 1. The van der Waals surface area contributed by atoms with E-state index in [9.17, 15) is 22.8 Å². The summed E-state index contributed by atoms with van der Waals surface area (Å²) in [6.45, 7) is -0.184. The summed E-state index contributed by atoms with van der Waals surface area (Å²) < 4.78 is 43.5. The Bertz CT molecular complexity index is 766. The van der Waals surface area contributed by atoms with Gasteiger partial charge in [-0.2, -0.15) is 13.2 Å². The SMILES string of the molecule is O=C(NCC(OCCO)c1cccs1)C(=O)Nc1cccc(C(F)(F)F)c1. The van der Waals surface area contributed by atoms with E-state index in [1.807, 2.05) is 5.38 Å². The third-order valence-electron chi connectivity index (χ3n) is 3.37. The Morgan fingerprint density at radius 1 is 1.19 bits per heavy atom. The number of carbonyl (C=O) groups excluding carboxylic acids is 2. The fourth-order valence-corrected chi connectivity index (χ4v) is 2.91. The van der Waals surface area contributed by atoms with Crippen molar-refractivity contribution in [3.05, 3.63) is 52.2 Å². The van der Waals surface area contributed by atoms with Crippen LogP contribution >= 0.6 is 11.3 Å². The van der Waals surface area contributed by atoms with E-state index in [0.29, 0.717) is 0 Å². The maximum absolute atomic E-state index is 12.7. The number of aliphatic hydroxyl groups excluding tert-OH is 1. The Morgan fingerprint density at radius 2 is 1.96 bits per heavy atom. The van der Waals surface area contributed by atoms with Crippen molar-refractivity contribution in [3.8, 4) is 0 Å². The van der Waals surface area contributed by atoms with E-state index in [0.717, 1.165) is 23.1 Å². The lowest BCUT2D eigenvalue weighted by molar-refractivity contribution is -0.137. The summed E-state index contributed by atoms with van der Waals surface area (Å²) in [5.74, 6) is -2.11. The molecule has 0 radical (unpaired) electrons. The molecule has 1 aromatic heterocycles. The molecule has 1 heterocycles. The van der Waals surface area contributed by atoms with Crippen LogP contribution in [0.5, 0.6) is 0 Å². The van der Waals surface area contributed by atoms with E-state index in [4.69, 9.17) is 9.84 Å². The zero-order valence-corrected chi connectivity index (χ0v) is 14.8. The van der Waals surface area contributed by atoms with E-state index in [-0.39, 0.29) is 25.4 Å². The summed E-state index contributed by atoms with van der Waals surface area (Å²) in [6.07, 6.45) is -5.11. The number of halogens is 3. The fourth-order valence-electron chi connectivity index (χ4n) is 2.14. The van der Waals surface area contributed by atoms with Crippen molar-refractivity contribution in [2.75, 3.05) is 25.1 Å². The van der Waals surface area contributed by atoms with Crippen LogP contribution in [0.2, 0.25) is 0 Å². The van der Waals surface area contributed by atoms with Crippen molar-refractivity contribution in [1.82, 2.24) is 5.32 Å². The monoisotopic (exact) mass is 402 g/mol. The van der Waals surface area contributed by atoms with Crippen LogP contribution in [0.4, 0.5) is 18.9 Å². The third kappa shape index (κ3) is 6.35. The molecule has 146 valence electrons. The highest BCUT2D eigenvalue weighted by atomic mass is 32.1. The molecule has 0 spiro atoms. The second-order valence-corrected chi connectivity index (χ2v) is 6.32. The first-order valence-corrected chi connectivity index (χ1v) is 8.71. The van der Waals surface area contributed by atoms with Crippen LogP contribution in [0.1, 0.15) is 16.5 Å². The highest BCUT2D eigenvalue weighted by Crippen LogP contribution is 2.30. The van der Waals surface area contributed by atoms with Crippen molar-refractivity contribution in [2.24, 2.45) is 0 Å². The Balaban J connectivity index is 1.94. The van der Waals surface area contributed by atoms with Crippen LogP contribution < -0.4 is 10.6 Å². The molecule has 1 aromatic carbocycles. The van der Waals surface area contributed by atoms with Gasteiger partial charge in [0.2, 0.25) is 0 Å². The first-order valence-electron chi connectivity index (χ1n) is 7.83. The Kier molecular flexibility index (Phi) is 7.34. The van der Waals surface area contributed by atoms with Crippen LogP contribution in [-0.2, 0) is 20.5 Å². The molecule has 2 amide bonds. The van der Waals surface area contributed by atoms with E-state index in [1.165, 1.54) is 17.4 Å². The smallest absolute Gasteiger partial charge is 0.394 e. The average molecular weight is 402 g/mol. The molecule has 0 aliphatic heterocycles. The normalized spacial score (nSPS) is 12.4. The lowest BCUT2D eigenvalue weighted by atomic mass is 10.2. The van der Waals surface area contributed by atoms with Crippen LogP contribution in [0, 0.1) is 0 Å². The first kappa shape index (κ1) is 20.9.